The Hall–Kier alpha value is -1.24. The topological polar surface area (TPSA) is 68.8 Å². The lowest BCUT2D eigenvalue weighted by molar-refractivity contribution is 0.468. The van der Waals surface area contributed by atoms with Crippen molar-refractivity contribution in [1.82, 2.24) is 20.2 Å². The Bertz CT molecular complexity index is 564. The van der Waals surface area contributed by atoms with Crippen LogP contribution in [-0.4, -0.2) is 14.8 Å². The normalized spacial score (nSPS) is 12.9. The summed E-state index contributed by atoms with van der Waals surface area (Å²) in [5.74, 6) is 6.56. The number of rotatable bonds is 4. The molecule has 3 N–H and O–H groups in total. The van der Waals surface area contributed by atoms with Gasteiger partial charge in [0.2, 0.25) is 0 Å². The molecule has 0 saturated heterocycles. The predicted octanol–water partition coefficient (Wildman–Crippen LogP) is 2.48. The van der Waals surface area contributed by atoms with E-state index in [1.54, 1.807) is 6.33 Å². The zero-order valence-electron chi connectivity index (χ0n) is 11.3. The van der Waals surface area contributed by atoms with Gasteiger partial charge in [0, 0.05) is 10.5 Å². The lowest BCUT2D eigenvalue weighted by Gasteiger charge is -2.20. The minimum atomic E-state index is -0.178. The molecule has 0 spiro atoms. The van der Waals surface area contributed by atoms with Gasteiger partial charge < -0.3 is 0 Å². The van der Waals surface area contributed by atoms with Gasteiger partial charge in [-0.05, 0) is 44.0 Å². The number of hydrazine groups is 1. The number of hydrogen-bond acceptors (Lipinski definition) is 4. The number of hydrogen-bond donors (Lipinski definition) is 2. The largest absolute Gasteiger partial charge is 0.270 e. The van der Waals surface area contributed by atoms with Gasteiger partial charge >= 0.3 is 0 Å². The second kappa shape index (κ2) is 5.81. The fourth-order valence-corrected chi connectivity index (χ4v) is 2.47. The molecule has 0 saturated carbocycles. The van der Waals surface area contributed by atoms with Crippen molar-refractivity contribution in [3.63, 3.8) is 0 Å². The van der Waals surface area contributed by atoms with E-state index in [1.165, 1.54) is 0 Å². The number of halogens is 1. The van der Waals surface area contributed by atoms with Gasteiger partial charge in [-0.2, -0.15) is 5.10 Å². The molecule has 0 amide bonds. The van der Waals surface area contributed by atoms with Crippen LogP contribution in [0.5, 0.6) is 0 Å². The van der Waals surface area contributed by atoms with E-state index in [4.69, 9.17) is 5.84 Å². The molecular weight excluding hydrogens is 306 g/mol. The summed E-state index contributed by atoms with van der Waals surface area (Å²) in [6.07, 6.45) is 1.56. The van der Waals surface area contributed by atoms with E-state index in [-0.39, 0.29) is 12.1 Å². The SMILES string of the molecule is Cc1ccc(Br)cc1C(NN)c1ncnn1C(C)C. The standard InChI is InChI=1S/C13H18BrN5/c1-8(2)19-13(16-7-17-19)12(18-15)11-6-10(14)5-4-9(11)3/h4-8,12,18H,15H2,1-3H3. The fourth-order valence-electron chi connectivity index (χ4n) is 2.09. The lowest BCUT2D eigenvalue weighted by Crippen LogP contribution is -2.32. The van der Waals surface area contributed by atoms with Gasteiger partial charge in [0.1, 0.15) is 18.2 Å². The highest BCUT2D eigenvalue weighted by Crippen LogP contribution is 2.26. The van der Waals surface area contributed by atoms with E-state index >= 15 is 0 Å². The molecule has 5 nitrogen and oxygen atoms in total. The Morgan fingerprint density at radius 1 is 1.37 bits per heavy atom. The van der Waals surface area contributed by atoms with E-state index in [0.717, 1.165) is 21.4 Å². The molecule has 0 bridgehead atoms. The molecule has 1 atom stereocenters. The summed E-state index contributed by atoms with van der Waals surface area (Å²) in [5, 5.41) is 4.26. The molecule has 1 unspecified atom stereocenters. The van der Waals surface area contributed by atoms with Crippen LogP contribution in [0.2, 0.25) is 0 Å². The highest BCUT2D eigenvalue weighted by Gasteiger charge is 2.21. The quantitative estimate of drug-likeness (QED) is 0.670. The van der Waals surface area contributed by atoms with Crippen LogP contribution >= 0.6 is 15.9 Å². The molecule has 19 heavy (non-hydrogen) atoms. The molecule has 1 aromatic carbocycles. The second-order valence-corrected chi connectivity index (χ2v) is 5.67. The Balaban J connectivity index is 2.50. The maximum absolute atomic E-state index is 5.74. The maximum atomic E-state index is 5.74. The third-order valence-corrected chi connectivity index (χ3v) is 3.56. The highest BCUT2D eigenvalue weighted by atomic mass is 79.9. The minimum absolute atomic E-state index is 0.178. The smallest absolute Gasteiger partial charge is 0.150 e. The van der Waals surface area contributed by atoms with E-state index in [9.17, 15) is 0 Å². The van der Waals surface area contributed by atoms with Crippen molar-refractivity contribution in [3.8, 4) is 0 Å². The molecule has 6 heteroatoms. The van der Waals surface area contributed by atoms with Gasteiger partial charge in [0.25, 0.3) is 0 Å². The van der Waals surface area contributed by atoms with Crippen LogP contribution in [0.3, 0.4) is 0 Å². The van der Waals surface area contributed by atoms with Crippen molar-refractivity contribution >= 4 is 15.9 Å². The molecule has 0 aliphatic rings. The fraction of sp³-hybridized carbons (Fsp3) is 0.385. The van der Waals surface area contributed by atoms with Crippen LogP contribution in [0.4, 0.5) is 0 Å². The third-order valence-electron chi connectivity index (χ3n) is 3.07. The Morgan fingerprint density at radius 3 is 2.74 bits per heavy atom. The van der Waals surface area contributed by atoms with Crippen molar-refractivity contribution in [3.05, 3.63) is 46.0 Å². The van der Waals surface area contributed by atoms with Gasteiger partial charge in [-0.1, -0.05) is 22.0 Å². The van der Waals surface area contributed by atoms with Crippen LogP contribution < -0.4 is 11.3 Å². The molecule has 102 valence electrons. The number of nitrogens with zero attached hydrogens (tertiary/aromatic N) is 3. The Kier molecular flexibility index (Phi) is 4.34. The Labute approximate surface area is 121 Å². The van der Waals surface area contributed by atoms with Crippen molar-refractivity contribution in [2.45, 2.75) is 32.9 Å². The molecule has 1 heterocycles. The zero-order chi connectivity index (χ0) is 14.0. The second-order valence-electron chi connectivity index (χ2n) is 4.76. The summed E-state index contributed by atoms with van der Waals surface area (Å²) in [4.78, 5) is 4.35. The summed E-state index contributed by atoms with van der Waals surface area (Å²) in [7, 11) is 0. The van der Waals surface area contributed by atoms with Crippen molar-refractivity contribution in [2.24, 2.45) is 5.84 Å². The summed E-state index contributed by atoms with van der Waals surface area (Å²) in [6.45, 7) is 6.20. The van der Waals surface area contributed by atoms with Crippen molar-refractivity contribution < 1.29 is 0 Å². The van der Waals surface area contributed by atoms with E-state index in [1.807, 2.05) is 10.7 Å². The highest BCUT2D eigenvalue weighted by molar-refractivity contribution is 9.10. The Morgan fingerprint density at radius 2 is 2.11 bits per heavy atom. The minimum Gasteiger partial charge on any atom is -0.270 e. The van der Waals surface area contributed by atoms with Crippen LogP contribution in [0.25, 0.3) is 0 Å². The first-order valence-corrected chi connectivity index (χ1v) is 6.95. The van der Waals surface area contributed by atoms with Crippen LogP contribution in [-0.2, 0) is 0 Å². The molecule has 1 aromatic heterocycles. The molecule has 0 radical (unpaired) electrons. The van der Waals surface area contributed by atoms with Gasteiger partial charge in [0.05, 0.1) is 0 Å². The molecule has 0 fully saturated rings. The van der Waals surface area contributed by atoms with Crippen LogP contribution in [0, 0.1) is 6.92 Å². The maximum Gasteiger partial charge on any atom is 0.150 e. The zero-order valence-corrected chi connectivity index (χ0v) is 12.8. The average Bonchev–Trinajstić information content (AvgIpc) is 2.84. The molecule has 2 aromatic rings. The number of aromatic nitrogens is 3. The van der Waals surface area contributed by atoms with E-state index < -0.39 is 0 Å². The molecule has 2 rings (SSSR count). The van der Waals surface area contributed by atoms with Gasteiger partial charge in [-0.25, -0.2) is 15.1 Å². The van der Waals surface area contributed by atoms with Crippen molar-refractivity contribution in [2.75, 3.05) is 0 Å². The molecular formula is C13H18BrN5. The van der Waals surface area contributed by atoms with E-state index in [0.29, 0.717) is 0 Å². The van der Waals surface area contributed by atoms with Gasteiger partial charge in [-0.15, -0.1) is 0 Å². The summed E-state index contributed by atoms with van der Waals surface area (Å²) < 4.78 is 2.90. The summed E-state index contributed by atoms with van der Waals surface area (Å²) >= 11 is 3.49. The van der Waals surface area contributed by atoms with Gasteiger partial charge in [-0.3, -0.25) is 5.84 Å². The molecule has 0 aliphatic heterocycles. The summed E-state index contributed by atoms with van der Waals surface area (Å²) in [5.41, 5.74) is 5.09. The van der Waals surface area contributed by atoms with Crippen molar-refractivity contribution in [1.29, 1.82) is 0 Å². The van der Waals surface area contributed by atoms with Crippen LogP contribution in [0.1, 0.15) is 42.9 Å². The monoisotopic (exact) mass is 323 g/mol. The number of benzene rings is 1. The first kappa shape index (κ1) is 14.2. The van der Waals surface area contributed by atoms with E-state index in [2.05, 4.69) is 64.3 Å². The van der Waals surface area contributed by atoms with Gasteiger partial charge in [0.15, 0.2) is 0 Å². The first-order valence-electron chi connectivity index (χ1n) is 6.16. The average molecular weight is 324 g/mol. The molecule has 0 aliphatic carbocycles. The third kappa shape index (κ3) is 2.86. The first-order chi connectivity index (χ1) is 9.04. The number of aryl methyl sites for hydroxylation is 1. The predicted molar refractivity (Wildman–Crippen MR) is 78.5 cm³/mol. The number of nitrogens with two attached hydrogens (primary N) is 1. The summed E-state index contributed by atoms with van der Waals surface area (Å²) in [6, 6.07) is 6.18. The lowest BCUT2D eigenvalue weighted by atomic mass is 10.0. The van der Waals surface area contributed by atoms with Crippen LogP contribution in [0.15, 0.2) is 29.0 Å². The number of nitrogens with one attached hydrogen (secondary N) is 1.